The summed E-state index contributed by atoms with van der Waals surface area (Å²) in [6.45, 7) is 12.0. The highest BCUT2D eigenvalue weighted by atomic mass is 19.1. The van der Waals surface area contributed by atoms with Crippen LogP contribution in [-0.2, 0) is 6.54 Å². The van der Waals surface area contributed by atoms with Gasteiger partial charge < -0.3 is 5.32 Å². The molecule has 118 valence electrons. The van der Waals surface area contributed by atoms with Gasteiger partial charge in [0.05, 0.1) is 0 Å². The van der Waals surface area contributed by atoms with Crippen LogP contribution in [0.15, 0.2) is 24.3 Å². The van der Waals surface area contributed by atoms with Gasteiger partial charge in [0.15, 0.2) is 0 Å². The highest BCUT2D eigenvalue weighted by Gasteiger charge is 2.39. The van der Waals surface area contributed by atoms with Crippen LogP contribution >= 0.6 is 0 Å². The molecule has 1 aromatic carbocycles. The lowest BCUT2D eigenvalue weighted by Gasteiger charge is -2.50. The molecular weight excluding hydrogens is 263 g/mol. The first-order valence-electron chi connectivity index (χ1n) is 8.23. The second-order valence-electron chi connectivity index (χ2n) is 6.67. The van der Waals surface area contributed by atoms with Crippen molar-refractivity contribution in [1.29, 1.82) is 0 Å². The van der Waals surface area contributed by atoms with Gasteiger partial charge in [0.1, 0.15) is 5.82 Å². The lowest BCUT2D eigenvalue weighted by molar-refractivity contribution is 0.0155. The molecule has 0 saturated carbocycles. The summed E-state index contributed by atoms with van der Waals surface area (Å²) in [5, 5.41) is 3.72. The molecule has 0 spiro atoms. The van der Waals surface area contributed by atoms with Gasteiger partial charge in [-0.2, -0.15) is 0 Å². The molecule has 2 rings (SSSR count). The summed E-state index contributed by atoms with van der Waals surface area (Å²) in [6, 6.07) is 7.55. The van der Waals surface area contributed by atoms with Crippen LogP contribution in [0.25, 0.3) is 0 Å². The summed E-state index contributed by atoms with van der Waals surface area (Å²) in [4.78, 5) is 2.57. The second-order valence-corrected chi connectivity index (χ2v) is 6.67. The lowest BCUT2D eigenvalue weighted by atomic mass is 9.85. The zero-order chi connectivity index (χ0) is 15.5. The van der Waals surface area contributed by atoms with E-state index in [0.717, 1.165) is 38.0 Å². The van der Waals surface area contributed by atoms with E-state index in [1.165, 1.54) is 6.07 Å². The first-order valence-corrected chi connectivity index (χ1v) is 8.23. The molecule has 3 heteroatoms. The Labute approximate surface area is 128 Å². The molecule has 0 amide bonds. The average molecular weight is 292 g/mol. The molecule has 1 N–H and O–H groups in total. The van der Waals surface area contributed by atoms with E-state index < -0.39 is 0 Å². The number of hydrogen-bond donors (Lipinski definition) is 1. The molecule has 1 heterocycles. The Hall–Kier alpha value is -0.930. The number of halogens is 1. The van der Waals surface area contributed by atoms with Crippen molar-refractivity contribution in [3.05, 3.63) is 35.6 Å². The molecule has 1 unspecified atom stereocenters. The minimum absolute atomic E-state index is 0.137. The van der Waals surface area contributed by atoms with Crippen molar-refractivity contribution in [3.8, 4) is 0 Å². The van der Waals surface area contributed by atoms with Crippen molar-refractivity contribution in [1.82, 2.24) is 10.2 Å². The fourth-order valence-electron chi connectivity index (χ4n) is 3.41. The molecule has 1 aliphatic rings. The summed E-state index contributed by atoms with van der Waals surface area (Å²) in [5.74, 6) is 0.480. The molecular formula is C18H29FN2. The topological polar surface area (TPSA) is 15.3 Å². The average Bonchev–Trinajstić information content (AvgIpc) is 2.47. The molecule has 1 fully saturated rings. The van der Waals surface area contributed by atoms with Crippen molar-refractivity contribution < 1.29 is 4.39 Å². The van der Waals surface area contributed by atoms with Crippen molar-refractivity contribution in [3.63, 3.8) is 0 Å². The third-order valence-electron chi connectivity index (χ3n) is 5.16. The Morgan fingerprint density at radius 2 is 2.05 bits per heavy atom. The standard InChI is InChI=1S/C18H29FN2/c1-5-18(6-2)13-20-17(14(3)4)12-21(18)11-15-8-7-9-16(19)10-15/h7-10,14,17,20H,5-6,11-13H2,1-4H3. The van der Waals surface area contributed by atoms with Gasteiger partial charge in [-0.1, -0.05) is 39.8 Å². The van der Waals surface area contributed by atoms with Crippen LogP contribution in [0.4, 0.5) is 4.39 Å². The normalized spacial score (nSPS) is 22.7. The smallest absolute Gasteiger partial charge is 0.123 e. The molecule has 1 aliphatic heterocycles. The van der Waals surface area contributed by atoms with E-state index in [9.17, 15) is 4.39 Å². The summed E-state index contributed by atoms with van der Waals surface area (Å²) in [6.07, 6.45) is 2.24. The summed E-state index contributed by atoms with van der Waals surface area (Å²) < 4.78 is 13.5. The molecule has 0 bridgehead atoms. The first kappa shape index (κ1) is 16.4. The monoisotopic (exact) mass is 292 g/mol. The predicted molar refractivity (Wildman–Crippen MR) is 86.8 cm³/mol. The number of rotatable bonds is 5. The molecule has 0 aliphatic carbocycles. The van der Waals surface area contributed by atoms with Crippen LogP contribution < -0.4 is 5.32 Å². The van der Waals surface area contributed by atoms with Gasteiger partial charge in [-0.15, -0.1) is 0 Å². The minimum Gasteiger partial charge on any atom is -0.311 e. The predicted octanol–water partition coefficient (Wildman–Crippen LogP) is 3.81. The molecule has 21 heavy (non-hydrogen) atoms. The van der Waals surface area contributed by atoms with Gasteiger partial charge in [-0.05, 0) is 36.5 Å². The number of nitrogens with one attached hydrogen (secondary N) is 1. The summed E-state index contributed by atoms with van der Waals surface area (Å²) in [5.41, 5.74) is 1.27. The maximum Gasteiger partial charge on any atom is 0.123 e. The van der Waals surface area contributed by atoms with Crippen LogP contribution in [0.2, 0.25) is 0 Å². The van der Waals surface area contributed by atoms with Gasteiger partial charge in [0.2, 0.25) is 0 Å². The van der Waals surface area contributed by atoms with E-state index in [2.05, 4.69) is 37.9 Å². The Balaban J connectivity index is 2.20. The fourth-order valence-corrected chi connectivity index (χ4v) is 3.41. The molecule has 1 saturated heterocycles. The van der Waals surface area contributed by atoms with Crippen molar-refractivity contribution in [2.75, 3.05) is 13.1 Å². The van der Waals surface area contributed by atoms with Crippen LogP contribution in [-0.4, -0.2) is 29.6 Å². The maximum atomic E-state index is 13.5. The van der Waals surface area contributed by atoms with Gasteiger partial charge in [-0.3, -0.25) is 4.90 Å². The summed E-state index contributed by atoms with van der Waals surface area (Å²) in [7, 11) is 0. The van der Waals surface area contributed by atoms with E-state index in [4.69, 9.17) is 0 Å². The quantitative estimate of drug-likeness (QED) is 0.887. The number of nitrogens with zero attached hydrogens (tertiary/aromatic N) is 1. The molecule has 1 atom stereocenters. The fraction of sp³-hybridized carbons (Fsp3) is 0.667. The minimum atomic E-state index is -0.137. The van der Waals surface area contributed by atoms with E-state index >= 15 is 0 Å². The SMILES string of the molecule is CCC1(CC)CNC(C(C)C)CN1Cc1cccc(F)c1. The molecule has 1 aromatic rings. The molecule has 0 aromatic heterocycles. The highest BCUT2D eigenvalue weighted by molar-refractivity contribution is 5.17. The van der Waals surface area contributed by atoms with Crippen molar-refractivity contribution >= 4 is 0 Å². The van der Waals surface area contributed by atoms with Crippen molar-refractivity contribution in [2.45, 2.75) is 58.7 Å². The number of benzene rings is 1. The largest absolute Gasteiger partial charge is 0.311 e. The van der Waals surface area contributed by atoms with Crippen LogP contribution in [0.5, 0.6) is 0 Å². The number of piperazine rings is 1. The van der Waals surface area contributed by atoms with Crippen molar-refractivity contribution in [2.24, 2.45) is 5.92 Å². The Morgan fingerprint density at radius 3 is 2.62 bits per heavy atom. The van der Waals surface area contributed by atoms with E-state index in [1.54, 1.807) is 6.07 Å². The Morgan fingerprint density at radius 1 is 1.33 bits per heavy atom. The summed E-state index contributed by atoms with van der Waals surface area (Å²) >= 11 is 0. The molecule has 2 nitrogen and oxygen atoms in total. The maximum absolute atomic E-state index is 13.5. The lowest BCUT2D eigenvalue weighted by Crippen LogP contribution is -2.64. The molecule has 0 radical (unpaired) electrons. The van der Waals surface area contributed by atoms with Crippen LogP contribution in [0.3, 0.4) is 0 Å². The van der Waals surface area contributed by atoms with Gasteiger partial charge in [-0.25, -0.2) is 4.39 Å². The Bertz CT molecular complexity index is 454. The van der Waals surface area contributed by atoms with E-state index in [0.29, 0.717) is 12.0 Å². The van der Waals surface area contributed by atoms with Gasteiger partial charge in [0.25, 0.3) is 0 Å². The zero-order valence-electron chi connectivity index (χ0n) is 13.8. The van der Waals surface area contributed by atoms with Crippen LogP contribution in [0, 0.1) is 11.7 Å². The zero-order valence-corrected chi connectivity index (χ0v) is 13.8. The number of hydrogen-bond acceptors (Lipinski definition) is 2. The van der Waals surface area contributed by atoms with Gasteiger partial charge in [0, 0.05) is 31.2 Å². The second kappa shape index (κ2) is 6.89. The first-order chi connectivity index (χ1) is 10.0. The van der Waals surface area contributed by atoms with E-state index in [-0.39, 0.29) is 11.4 Å². The van der Waals surface area contributed by atoms with Crippen LogP contribution in [0.1, 0.15) is 46.1 Å². The van der Waals surface area contributed by atoms with Gasteiger partial charge >= 0.3 is 0 Å². The third-order valence-corrected chi connectivity index (χ3v) is 5.16. The Kier molecular flexibility index (Phi) is 5.39. The highest BCUT2D eigenvalue weighted by Crippen LogP contribution is 2.30. The third kappa shape index (κ3) is 3.64. The van der Waals surface area contributed by atoms with E-state index in [1.807, 2.05) is 12.1 Å².